The van der Waals surface area contributed by atoms with E-state index in [0.717, 1.165) is 18.6 Å². The van der Waals surface area contributed by atoms with Gasteiger partial charge < -0.3 is 20.3 Å². The largest absolute Gasteiger partial charge is 0.416 e. The van der Waals surface area contributed by atoms with Gasteiger partial charge in [0, 0.05) is 36.2 Å². The highest BCUT2D eigenvalue weighted by Crippen LogP contribution is 2.41. The van der Waals surface area contributed by atoms with Crippen LogP contribution in [-0.4, -0.2) is 47.5 Å². The van der Waals surface area contributed by atoms with Crippen LogP contribution in [0.3, 0.4) is 0 Å². The summed E-state index contributed by atoms with van der Waals surface area (Å²) in [6, 6.07) is 16.8. The number of benzene rings is 3. The summed E-state index contributed by atoms with van der Waals surface area (Å²) in [7, 11) is 1.79. The van der Waals surface area contributed by atoms with Crippen molar-refractivity contribution in [3.05, 3.63) is 119 Å². The van der Waals surface area contributed by atoms with E-state index in [-0.39, 0.29) is 17.3 Å². The second-order valence-electron chi connectivity index (χ2n) is 10.8. The molecule has 46 heavy (non-hydrogen) atoms. The third-order valence-electron chi connectivity index (χ3n) is 7.86. The van der Waals surface area contributed by atoms with Gasteiger partial charge in [-0.1, -0.05) is 42.5 Å². The van der Waals surface area contributed by atoms with Crippen LogP contribution in [0.15, 0.2) is 90.5 Å². The fourth-order valence-electron chi connectivity index (χ4n) is 5.24. The Balaban J connectivity index is 1.70. The Morgan fingerprint density at radius 3 is 2.30 bits per heavy atom. The Bertz CT molecular complexity index is 1770. The van der Waals surface area contributed by atoms with Crippen molar-refractivity contribution < 1.29 is 31.9 Å². The minimum absolute atomic E-state index is 0.103. The molecule has 0 spiro atoms. The molecule has 2 amide bonds. The van der Waals surface area contributed by atoms with Crippen LogP contribution in [0.25, 0.3) is 5.69 Å². The van der Waals surface area contributed by atoms with Crippen LogP contribution in [0.4, 0.5) is 29.2 Å². The van der Waals surface area contributed by atoms with E-state index in [9.17, 15) is 31.9 Å². The Morgan fingerprint density at radius 2 is 1.72 bits per heavy atom. The molecule has 0 fully saturated rings. The van der Waals surface area contributed by atoms with E-state index >= 15 is 0 Å². The quantitative estimate of drug-likeness (QED) is 0.150. The zero-order valence-corrected chi connectivity index (χ0v) is 25.0. The van der Waals surface area contributed by atoms with Crippen LogP contribution in [0.5, 0.6) is 0 Å². The van der Waals surface area contributed by atoms with Crippen LogP contribution < -0.4 is 15.5 Å². The summed E-state index contributed by atoms with van der Waals surface area (Å²) in [5, 5.41) is 10.2. The number of hydrogen-bond acceptors (Lipinski definition) is 5. The number of nitrogens with one attached hydrogen (secondary N) is 2. The first kappa shape index (κ1) is 32.1. The lowest BCUT2D eigenvalue weighted by atomic mass is 9.85. The molecule has 2 atom stereocenters. The molecule has 1 heterocycles. The number of aldehydes is 1. The molecule has 1 aliphatic rings. The first-order chi connectivity index (χ1) is 22.0. The number of nitrogens with zero attached hydrogens (tertiary/aromatic N) is 3. The van der Waals surface area contributed by atoms with Crippen LogP contribution in [0, 0.1) is 5.82 Å². The Morgan fingerprint density at radius 1 is 1.02 bits per heavy atom. The van der Waals surface area contributed by atoms with Gasteiger partial charge in [0.25, 0.3) is 11.8 Å². The highest BCUT2D eigenvalue weighted by molar-refractivity contribution is 6.05. The minimum atomic E-state index is -4.69. The van der Waals surface area contributed by atoms with Crippen molar-refractivity contribution in [3.63, 3.8) is 0 Å². The molecule has 0 bridgehead atoms. The molecular weight excluding hydrogens is 602 g/mol. The molecule has 12 heteroatoms. The monoisotopic (exact) mass is 633 g/mol. The van der Waals surface area contributed by atoms with Gasteiger partial charge in [0.05, 0.1) is 17.3 Å². The molecule has 2 N–H and O–H groups in total. The third kappa shape index (κ3) is 6.70. The van der Waals surface area contributed by atoms with Crippen molar-refractivity contribution in [1.29, 1.82) is 0 Å². The molecule has 238 valence electrons. The van der Waals surface area contributed by atoms with Crippen LogP contribution in [-0.2, 0) is 15.8 Å². The van der Waals surface area contributed by atoms with Gasteiger partial charge in [-0.2, -0.15) is 13.2 Å². The van der Waals surface area contributed by atoms with Crippen molar-refractivity contribution in [1.82, 2.24) is 15.1 Å². The van der Waals surface area contributed by atoms with Gasteiger partial charge in [-0.3, -0.25) is 9.59 Å². The number of alkyl halides is 3. The summed E-state index contributed by atoms with van der Waals surface area (Å²) in [4.78, 5) is 41.4. The molecular formula is C34H31F4N5O3. The van der Waals surface area contributed by atoms with Crippen LogP contribution in [0.2, 0.25) is 0 Å². The van der Waals surface area contributed by atoms with E-state index in [0.29, 0.717) is 53.5 Å². The predicted molar refractivity (Wildman–Crippen MR) is 165 cm³/mol. The number of aromatic nitrogens is 2. The molecule has 1 aliphatic carbocycles. The number of para-hydroxylation sites is 1. The average Bonchev–Trinajstić information content (AvgIpc) is 3.38. The Kier molecular flexibility index (Phi) is 9.36. The molecule has 1 aromatic heterocycles. The van der Waals surface area contributed by atoms with Crippen molar-refractivity contribution >= 4 is 29.7 Å². The summed E-state index contributed by atoms with van der Waals surface area (Å²) in [5.41, 5.74) is 0.596. The maximum absolute atomic E-state index is 14.2. The van der Waals surface area contributed by atoms with Gasteiger partial charge in [-0.25, -0.2) is 9.07 Å². The van der Waals surface area contributed by atoms with Gasteiger partial charge >= 0.3 is 6.18 Å². The maximum atomic E-state index is 14.2. The van der Waals surface area contributed by atoms with Gasteiger partial charge in [0.1, 0.15) is 17.9 Å². The summed E-state index contributed by atoms with van der Waals surface area (Å²) < 4.78 is 56.0. The zero-order chi connectivity index (χ0) is 33.0. The topological polar surface area (TPSA) is 96.3 Å². The number of allylic oxidation sites excluding steroid dienone is 1. The fourth-order valence-corrected chi connectivity index (χ4v) is 5.24. The Labute approximate surface area is 262 Å². The van der Waals surface area contributed by atoms with Gasteiger partial charge in [-0.15, -0.1) is 5.10 Å². The van der Waals surface area contributed by atoms with E-state index in [1.54, 1.807) is 17.8 Å². The number of carbonyl (C=O) groups is 3. The predicted octanol–water partition coefficient (Wildman–Crippen LogP) is 6.27. The zero-order valence-electron chi connectivity index (χ0n) is 25.0. The molecule has 4 aromatic rings. The smallest absolute Gasteiger partial charge is 0.360 e. The molecule has 3 aromatic carbocycles. The van der Waals surface area contributed by atoms with E-state index in [4.69, 9.17) is 5.10 Å². The first-order valence-corrected chi connectivity index (χ1v) is 14.6. The lowest BCUT2D eigenvalue weighted by Gasteiger charge is -2.29. The average molecular weight is 634 g/mol. The molecule has 0 saturated heterocycles. The summed E-state index contributed by atoms with van der Waals surface area (Å²) in [6.07, 6.45) is -1.09. The second kappa shape index (κ2) is 13.4. The first-order valence-electron chi connectivity index (χ1n) is 14.6. The highest BCUT2D eigenvalue weighted by Gasteiger charge is 2.37. The van der Waals surface area contributed by atoms with Crippen LogP contribution in [0.1, 0.15) is 52.7 Å². The summed E-state index contributed by atoms with van der Waals surface area (Å²) in [5.74, 6) is -2.35. The molecule has 5 rings (SSSR count). The lowest BCUT2D eigenvalue weighted by molar-refractivity contribution is -0.137. The summed E-state index contributed by atoms with van der Waals surface area (Å²) in [6.45, 7) is 2.35. The standard InChI is InChI=1S/C34H31F4N5O3/c1-3-42(2)33-29(30(40-31(45)22-9-7-10-22)41-43(33)26-13-5-4-6-14-26)28(21-15-17-25(35)18-16-21)27(20-44)39-32(46)23-11-8-12-24(19-23)34(36,37)38/h4-6,8-9,11-20,27-28H,3,7,10H2,1-2H3,(H,39,46)(H,40,41,45). The van der Waals surface area contributed by atoms with E-state index in [1.165, 1.54) is 30.3 Å². The highest BCUT2D eigenvalue weighted by atomic mass is 19.4. The van der Waals surface area contributed by atoms with Gasteiger partial charge in [0.2, 0.25) is 0 Å². The van der Waals surface area contributed by atoms with Crippen molar-refractivity contribution in [2.45, 2.75) is 37.9 Å². The van der Waals surface area contributed by atoms with E-state index in [1.807, 2.05) is 42.2 Å². The SMILES string of the molecule is CCN(C)c1c(C(c2ccc(F)cc2)C(C=O)NC(=O)c2cccc(C(F)(F)F)c2)c(NC(=O)C2=CCC2)nn1-c1ccccc1. The van der Waals surface area contributed by atoms with Crippen molar-refractivity contribution in [2.75, 3.05) is 23.8 Å². The van der Waals surface area contributed by atoms with Crippen molar-refractivity contribution in [3.8, 4) is 5.69 Å². The fraction of sp³-hybridized carbons (Fsp3) is 0.235. The molecule has 0 aliphatic heterocycles. The normalized spacial score (nSPS) is 14.0. The third-order valence-corrected chi connectivity index (χ3v) is 7.86. The van der Waals surface area contributed by atoms with Crippen molar-refractivity contribution in [2.24, 2.45) is 0 Å². The maximum Gasteiger partial charge on any atom is 0.416 e. The number of carbonyl (C=O) groups excluding carboxylic acids is 3. The lowest BCUT2D eigenvalue weighted by Crippen LogP contribution is -2.41. The molecule has 8 nitrogen and oxygen atoms in total. The number of halogens is 4. The molecule has 0 radical (unpaired) electrons. The number of anilines is 2. The molecule has 0 saturated carbocycles. The minimum Gasteiger partial charge on any atom is -0.360 e. The van der Waals surface area contributed by atoms with Crippen LogP contribution >= 0.6 is 0 Å². The van der Waals surface area contributed by atoms with E-state index < -0.39 is 35.4 Å². The van der Waals surface area contributed by atoms with Gasteiger partial charge in [-0.05, 0) is 67.8 Å². The van der Waals surface area contributed by atoms with E-state index in [2.05, 4.69) is 10.6 Å². The van der Waals surface area contributed by atoms with Gasteiger partial charge in [0.15, 0.2) is 5.82 Å². The summed E-state index contributed by atoms with van der Waals surface area (Å²) >= 11 is 0. The molecule has 2 unspecified atom stereocenters. The number of amides is 2. The number of hydrogen-bond donors (Lipinski definition) is 2. The number of rotatable bonds is 11. The Hall–Kier alpha value is -5.26. The second-order valence-corrected chi connectivity index (χ2v) is 10.8.